The largest absolute Gasteiger partial charge is 0.381 e. The lowest BCUT2D eigenvalue weighted by Crippen LogP contribution is -2.22. The molecule has 0 aliphatic rings. The van der Waals surface area contributed by atoms with Crippen LogP contribution in [-0.2, 0) is 6.54 Å². The Kier molecular flexibility index (Phi) is 5.30. The number of hydrogen-bond acceptors (Lipinski definition) is 3. The normalized spacial score (nSPS) is 10.5. The molecule has 2 N–H and O–H groups in total. The lowest BCUT2D eigenvalue weighted by molar-refractivity contribution is 0.0950. The summed E-state index contributed by atoms with van der Waals surface area (Å²) in [5.41, 5.74) is -0.251. The van der Waals surface area contributed by atoms with Gasteiger partial charge < -0.3 is 10.6 Å². The molecule has 0 saturated carbocycles. The number of rotatable bonds is 5. The number of hydrogen-bond donors (Lipinski definition) is 2. The van der Waals surface area contributed by atoms with Gasteiger partial charge in [-0.15, -0.1) is 11.3 Å². The number of nitrogens with one attached hydrogen (secondary N) is 2. The second kappa shape index (κ2) is 7.00. The average Bonchev–Trinajstić information content (AvgIpc) is 2.85. The van der Waals surface area contributed by atoms with E-state index in [1.165, 1.54) is 11.3 Å². The van der Waals surface area contributed by atoms with Crippen LogP contribution in [0.1, 0.15) is 22.2 Å². The third-order valence-electron chi connectivity index (χ3n) is 2.71. The molecule has 0 aliphatic carbocycles. The maximum atomic E-state index is 13.7. The molecule has 0 unspecified atom stereocenters. The zero-order chi connectivity index (χ0) is 15.4. The van der Waals surface area contributed by atoms with Crippen LogP contribution >= 0.6 is 27.3 Å². The molecule has 1 aromatic carbocycles. The first-order valence-corrected chi connectivity index (χ1v) is 7.87. The van der Waals surface area contributed by atoms with Crippen LogP contribution in [0.15, 0.2) is 28.1 Å². The molecule has 1 aromatic heterocycles. The Balaban J connectivity index is 2.08. The summed E-state index contributed by atoms with van der Waals surface area (Å²) in [6.45, 7) is 2.44. The predicted octanol–water partition coefficient (Wildman–Crippen LogP) is 4.15. The standard InChI is InChI=1S/C14H13BrF2N2OS/c1-2-18-13-10(16)5-8(6-11(13)17)14(20)19-7-9-3-4-12(15)21-9/h3-6,18H,2,7H2,1H3,(H,19,20). The van der Waals surface area contributed by atoms with E-state index in [1.807, 2.05) is 12.1 Å². The Morgan fingerprint density at radius 3 is 2.48 bits per heavy atom. The SMILES string of the molecule is CCNc1c(F)cc(C(=O)NCc2ccc(Br)s2)cc1F. The topological polar surface area (TPSA) is 41.1 Å². The van der Waals surface area contributed by atoms with Crippen LogP contribution in [0.2, 0.25) is 0 Å². The van der Waals surface area contributed by atoms with Gasteiger partial charge in [-0.3, -0.25) is 4.79 Å². The number of anilines is 1. The van der Waals surface area contributed by atoms with Gasteiger partial charge in [-0.2, -0.15) is 0 Å². The van der Waals surface area contributed by atoms with Gasteiger partial charge in [0.25, 0.3) is 5.91 Å². The van der Waals surface area contributed by atoms with Gasteiger partial charge in [-0.25, -0.2) is 8.78 Å². The first-order chi connectivity index (χ1) is 10.0. The van der Waals surface area contributed by atoms with E-state index in [9.17, 15) is 13.6 Å². The highest BCUT2D eigenvalue weighted by Gasteiger charge is 2.14. The summed E-state index contributed by atoms with van der Waals surface area (Å²) in [7, 11) is 0. The van der Waals surface area contributed by atoms with E-state index in [1.54, 1.807) is 6.92 Å². The number of halogens is 3. The van der Waals surface area contributed by atoms with Gasteiger partial charge >= 0.3 is 0 Å². The van der Waals surface area contributed by atoms with Crippen LogP contribution < -0.4 is 10.6 Å². The van der Waals surface area contributed by atoms with Crippen LogP contribution in [0.3, 0.4) is 0 Å². The van der Waals surface area contributed by atoms with E-state index in [0.29, 0.717) is 13.1 Å². The molecule has 21 heavy (non-hydrogen) atoms. The minimum atomic E-state index is -0.777. The quantitative estimate of drug-likeness (QED) is 0.825. The van der Waals surface area contributed by atoms with Crippen molar-refractivity contribution in [1.82, 2.24) is 5.32 Å². The molecule has 0 aliphatic heterocycles. The fraction of sp³-hybridized carbons (Fsp3) is 0.214. The van der Waals surface area contributed by atoms with Crippen molar-refractivity contribution in [1.29, 1.82) is 0 Å². The van der Waals surface area contributed by atoms with Crippen molar-refractivity contribution in [2.45, 2.75) is 13.5 Å². The fourth-order valence-corrected chi connectivity index (χ4v) is 3.19. The molecule has 1 amide bonds. The molecule has 112 valence electrons. The van der Waals surface area contributed by atoms with Crippen molar-refractivity contribution in [3.05, 3.63) is 50.1 Å². The molecule has 0 fully saturated rings. The van der Waals surface area contributed by atoms with Gasteiger partial charge in [-0.1, -0.05) is 0 Å². The van der Waals surface area contributed by atoms with Crippen molar-refractivity contribution < 1.29 is 13.6 Å². The Hall–Kier alpha value is -1.47. The summed E-state index contributed by atoms with van der Waals surface area (Å²) in [5.74, 6) is -2.07. The predicted molar refractivity (Wildman–Crippen MR) is 83.7 cm³/mol. The van der Waals surface area contributed by atoms with E-state index >= 15 is 0 Å². The Morgan fingerprint density at radius 2 is 1.95 bits per heavy atom. The lowest BCUT2D eigenvalue weighted by Gasteiger charge is -2.09. The number of benzene rings is 1. The minimum Gasteiger partial charge on any atom is -0.381 e. The first kappa shape index (κ1) is 15.9. The molecular weight excluding hydrogens is 362 g/mol. The summed E-state index contributed by atoms with van der Waals surface area (Å²) >= 11 is 4.81. The molecule has 3 nitrogen and oxygen atoms in total. The van der Waals surface area contributed by atoms with Gasteiger partial charge in [0.15, 0.2) is 0 Å². The van der Waals surface area contributed by atoms with Crippen molar-refractivity contribution in [2.24, 2.45) is 0 Å². The summed E-state index contributed by atoms with van der Waals surface area (Å²) in [4.78, 5) is 12.9. The van der Waals surface area contributed by atoms with Crippen LogP contribution in [0.5, 0.6) is 0 Å². The monoisotopic (exact) mass is 374 g/mol. The van der Waals surface area contributed by atoms with Crippen molar-refractivity contribution in [2.75, 3.05) is 11.9 Å². The maximum Gasteiger partial charge on any atom is 0.251 e. The highest BCUT2D eigenvalue weighted by Crippen LogP contribution is 2.23. The Bertz CT molecular complexity index is 637. The van der Waals surface area contributed by atoms with Gasteiger partial charge in [-0.05, 0) is 47.1 Å². The molecule has 0 saturated heterocycles. The van der Waals surface area contributed by atoms with Crippen LogP contribution in [0, 0.1) is 11.6 Å². The third-order valence-corrected chi connectivity index (χ3v) is 4.33. The Labute approximate surface area is 133 Å². The van der Waals surface area contributed by atoms with E-state index in [-0.39, 0.29) is 11.3 Å². The first-order valence-electron chi connectivity index (χ1n) is 6.26. The molecule has 1 heterocycles. The smallest absolute Gasteiger partial charge is 0.251 e. The highest BCUT2D eigenvalue weighted by molar-refractivity contribution is 9.11. The van der Waals surface area contributed by atoms with Crippen molar-refractivity contribution >= 4 is 38.9 Å². The summed E-state index contributed by atoms with van der Waals surface area (Å²) in [6, 6.07) is 5.79. The van der Waals surface area contributed by atoms with Crippen LogP contribution in [-0.4, -0.2) is 12.5 Å². The van der Waals surface area contributed by atoms with Gasteiger partial charge in [0.1, 0.15) is 17.3 Å². The lowest BCUT2D eigenvalue weighted by atomic mass is 10.1. The molecule has 2 aromatic rings. The van der Waals surface area contributed by atoms with Crippen LogP contribution in [0.25, 0.3) is 0 Å². The number of amides is 1. The van der Waals surface area contributed by atoms with E-state index in [2.05, 4.69) is 26.6 Å². The number of carbonyl (C=O) groups is 1. The maximum absolute atomic E-state index is 13.7. The van der Waals surface area contributed by atoms with Gasteiger partial charge in [0.05, 0.1) is 10.3 Å². The number of thiophene rings is 1. The molecule has 0 atom stereocenters. The van der Waals surface area contributed by atoms with Crippen LogP contribution in [0.4, 0.5) is 14.5 Å². The average molecular weight is 375 g/mol. The second-order valence-corrected chi connectivity index (χ2v) is 6.78. The molecule has 0 radical (unpaired) electrons. The van der Waals surface area contributed by atoms with E-state index < -0.39 is 17.5 Å². The van der Waals surface area contributed by atoms with Gasteiger partial charge in [0, 0.05) is 17.0 Å². The highest BCUT2D eigenvalue weighted by atomic mass is 79.9. The zero-order valence-electron chi connectivity index (χ0n) is 11.2. The van der Waals surface area contributed by atoms with Gasteiger partial charge in [0.2, 0.25) is 0 Å². The zero-order valence-corrected chi connectivity index (χ0v) is 13.6. The molecule has 0 bridgehead atoms. The summed E-state index contributed by atoms with van der Waals surface area (Å²) < 4.78 is 28.4. The third kappa shape index (κ3) is 4.01. The fourth-order valence-electron chi connectivity index (χ4n) is 1.77. The van der Waals surface area contributed by atoms with E-state index in [4.69, 9.17) is 0 Å². The second-order valence-electron chi connectivity index (χ2n) is 4.23. The van der Waals surface area contributed by atoms with Crippen molar-refractivity contribution in [3.8, 4) is 0 Å². The molecular formula is C14H13BrF2N2OS. The van der Waals surface area contributed by atoms with Crippen molar-refractivity contribution in [3.63, 3.8) is 0 Å². The molecule has 7 heteroatoms. The molecule has 2 rings (SSSR count). The summed E-state index contributed by atoms with van der Waals surface area (Å²) in [6.07, 6.45) is 0. The minimum absolute atomic E-state index is 0.0396. The summed E-state index contributed by atoms with van der Waals surface area (Å²) in [5, 5.41) is 5.22. The van der Waals surface area contributed by atoms with E-state index in [0.717, 1.165) is 20.8 Å². The number of carbonyl (C=O) groups excluding carboxylic acids is 1. The Morgan fingerprint density at radius 1 is 1.29 bits per heavy atom. The molecule has 0 spiro atoms.